The number of nitrogens with zero attached hydrogens (tertiary/aromatic N) is 2. The van der Waals surface area contributed by atoms with Crippen LogP contribution < -0.4 is 5.32 Å². The molecule has 3 aromatic rings. The van der Waals surface area contributed by atoms with Gasteiger partial charge in [-0.05, 0) is 36.8 Å². The monoisotopic (exact) mass is 291 g/mol. The Morgan fingerprint density at radius 1 is 1.18 bits per heavy atom. The molecule has 0 aliphatic carbocycles. The van der Waals surface area contributed by atoms with Gasteiger partial charge in [0.1, 0.15) is 11.3 Å². The molecule has 0 unspecified atom stereocenters. The second-order valence-electron chi connectivity index (χ2n) is 5.11. The third-order valence-electron chi connectivity index (χ3n) is 3.48. The van der Waals surface area contributed by atoms with Crippen LogP contribution in [0.4, 0.5) is 10.1 Å². The van der Waals surface area contributed by atoms with E-state index in [1.807, 2.05) is 31.2 Å². The van der Waals surface area contributed by atoms with Gasteiger partial charge in [-0.3, -0.25) is 0 Å². The number of aryl methyl sites for hydroxylation is 1. The van der Waals surface area contributed by atoms with E-state index in [4.69, 9.17) is 5.26 Å². The molecule has 22 heavy (non-hydrogen) atoms. The van der Waals surface area contributed by atoms with Crippen LogP contribution in [-0.2, 0) is 6.54 Å². The maximum absolute atomic E-state index is 13.9. The van der Waals surface area contributed by atoms with Crippen LogP contribution in [0.1, 0.15) is 16.8 Å². The van der Waals surface area contributed by atoms with E-state index >= 15 is 0 Å². The lowest BCUT2D eigenvalue weighted by Gasteiger charge is -2.11. The fourth-order valence-corrected chi connectivity index (χ4v) is 2.38. The quantitative estimate of drug-likeness (QED) is 0.788. The Labute approximate surface area is 128 Å². The number of aromatic nitrogens is 1. The zero-order valence-corrected chi connectivity index (χ0v) is 12.1. The summed E-state index contributed by atoms with van der Waals surface area (Å²) >= 11 is 0. The summed E-state index contributed by atoms with van der Waals surface area (Å²) in [6, 6.07) is 16.3. The predicted octanol–water partition coefficient (Wildman–Crippen LogP) is 4.17. The first kappa shape index (κ1) is 14.0. The third kappa shape index (κ3) is 2.75. The van der Waals surface area contributed by atoms with Crippen LogP contribution in [0.5, 0.6) is 0 Å². The van der Waals surface area contributed by atoms with Crippen LogP contribution >= 0.6 is 0 Å². The molecule has 0 fully saturated rings. The van der Waals surface area contributed by atoms with Crippen LogP contribution in [0.2, 0.25) is 0 Å². The lowest BCUT2D eigenvalue weighted by molar-refractivity contribution is 0.636. The average molecular weight is 291 g/mol. The van der Waals surface area contributed by atoms with E-state index in [2.05, 4.69) is 16.4 Å². The van der Waals surface area contributed by atoms with Crippen molar-refractivity contribution in [2.45, 2.75) is 13.5 Å². The number of hydrogen-bond donors (Lipinski definition) is 1. The average Bonchev–Trinajstić information content (AvgIpc) is 2.54. The van der Waals surface area contributed by atoms with E-state index < -0.39 is 0 Å². The highest BCUT2D eigenvalue weighted by Crippen LogP contribution is 2.25. The molecule has 3 rings (SSSR count). The molecule has 0 saturated heterocycles. The van der Waals surface area contributed by atoms with E-state index in [0.29, 0.717) is 17.6 Å². The van der Waals surface area contributed by atoms with Crippen molar-refractivity contribution in [2.75, 3.05) is 5.32 Å². The molecule has 0 bridgehead atoms. The number of benzene rings is 2. The van der Waals surface area contributed by atoms with E-state index in [0.717, 1.165) is 22.3 Å². The Kier molecular flexibility index (Phi) is 3.71. The van der Waals surface area contributed by atoms with Crippen molar-refractivity contribution in [2.24, 2.45) is 0 Å². The number of anilines is 1. The van der Waals surface area contributed by atoms with Crippen molar-refractivity contribution in [3.63, 3.8) is 0 Å². The number of hydrogen-bond acceptors (Lipinski definition) is 3. The highest BCUT2D eigenvalue weighted by molar-refractivity contribution is 5.91. The second kappa shape index (κ2) is 5.82. The van der Waals surface area contributed by atoms with Crippen LogP contribution in [-0.4, -0.2) is 4.98 Å². The third-order valence-corrected chi connectivity index (χ3v) is 3.48. The summed E-state index contributed by atoms with van der Waals surface area (Å²) in [7, 11) is 0. The van der Waals surface area contributed by atoms with Gasteiger partial charge in [0.15, 0.2) is 0 Å². The van der Waals surface area contributed by atoms with Crippen molar-refractivity contribution < 1.29 is 4.39 Å². The molecular formula is C18H14FN3. The molecule has 0 aliphatic rings. The highest BCUT2D eigenvalue weighted by Gasteiger charge is 2.07. The minimum absolute atomic E-state index is 0.317. The molecule has 3 nitrogen and oxygen atoms in total. The van der Waals surface area contributed by atoms with Crippen molar-refractivity contribution in [1.82, 2.24) is 4.98 Å². The summed E-state index contributed by atoms with van der Waals surface area (Å²) in [5.41, 5.74) is 3.69. The number of rotatable bonds is 3. The van der Waals surface area contributed by atoms with Crippen molar-refractivity contribution in [3.8, 4) is 6.07 Å². The van der Waals surface area contributed by atoms with Gasteiger partial charge in [0.2, 0.25) is 0 Å². The molecule has 0 radical (unpaired) electrons. The van der Waals surface area contributed by atoms with Crippen LogP contribution in [0, 0.1) is 24.1 Å². The molecule has 0 spiro atoms. The van der Waals surface area contributed by atoms with E-state index in [1.54, 1.807) is 18.2 Å². The Morgan fingerprint density at radius 2 is 1.95 bits per heavy atom. The number of fused-ring (bicyclic) bond motifs is 1. The summed E-state index contributed by atoms with van der Waals surface area (Å²) < 4.78 is 13.9. The molecule has 2 aromatic carbocycles. The van der Waals surface area contributed by atoms with E-state index in [-0.39, 0.29) is 5.82 Å². The molecule has 0 atom stereocenters. The molecule has 1 aromatic heterocycles. The summed E-state index contributed by atoms with van der Waals surface area (Å²) in [5, 5.41) is 12.9. The first-order valence-corrected chi connectivity index (χ1v) is 6.96. The normalized spacial score (nSPS) is 10.4. The van der Waals surface area contributed by atoms with E-state index in [9.17, 15) is 4.39 Å². The van der Waals surface area contributed by atoms with Gasteiger partial charge >= 0.3 is 0 Å². The first-order chi connectivity index (χ1) is 10.7. The Balaban J connectivity index is 1.90. The smallest absolute Gasteiger partial charge is 0.149 e. The summed E-state index contributed by atoms with van der Waals surface area (Å²) in [5.74, 6) is -0.317. The number of halogens is 1. The minimum Gasteiger partial charge on any atom is -0.380 e. The number of nitriles is 1. The van der Waals surface area contributed by atoms with Crippen LogP contribution in [0.25, 0.3) is 10.9 Å². The van der Waals surface area contributed by atoms with E-state index in [1.165, 1.54) is 6.07 Å². The maximum atomic E-state index is 13.9. The Morgan fingerprint density at radius 3 is 2.68 bits per heavy atom. The summed E-state index contributed by atoms with van der Waals surface area (Å²) in [6.45, 7) is 2.44. The number of nitrogens with one attached hydrogen (secondary N) is 1. The van der Waals surface area contributed by atoms with Crippen molar-refractivity contribution >= 4 is 16.6 Å². The van der Waals surface area contributed by atoms with Gasteiger partial charge in [-0.15, -0.1) is 0 Å². The molecular weight excluding hydrogens is 277 g/mol. The molecule has 1 heterocycles. The Hall–Kier alpha value is -2.93. The van der Waals surface area contributed by atoms with Gasteiger partial charge in [0.25, 0.3) is 0 Å². The standard InChI is InChI=1S/C18H14FN3/c1-12-9-17(15-3-2-4-16(19)18(15)22-12)21-11-14-7-5-13(10-20)6-8-14/h2-9H,11H2,1H3,(H,21,22). The fraction of sp³-hybridized carbons (Fsp3) is 0.111. The topological polar surface area (TPSA) is 48.7 Å². The highest BCUT2D eigenvalue weighted by atomic mass is 19.1. The molecule has 1 N–H and O–H groups in total. The summed E-state index contributed by atoms with van der Waals surface area (Å²) in [4.78, 5) is 4.26. The predicted molar refractivity (Wildman–Crippen MR) is 84.9 cm³/mol. The molecule has 108 valence electrons. The van der Waals surface area contributed by atoms with Crippen LogP contribution in [0.3, 0.4) is 0 Å². The first-order valence-electron chi connectivity index (χ1n) is 6.96. The number of pyridine rings is 1. The Bertz CT molecular complexity index is 864. The van der Waals surface area contributed by atoms with Gasteiger partial charge in [-0.25, -0.2) is 9.37 Å². The van der Waals surface area contributed by atoms with Gasteiger partial charge in [0, 0.05) is 23.3 Å². The second-order valence-corrected chi connectivity index (χ2v) is 5.11. The summed E-state index contributed by atoms with van der Waals surface area (Å²) in [6.07, 6.45) is 0. The largest absolute Gasteiger partial charge is 0.380 e. The van der Waals surface area contributed by atoms with Gasteiger partial charge < -0.3 is 5.32 Å². The zero-order valence-electron chi connectivity index (χ0n) is 12.1. The van der Waals surface area contributed by atoms with Crippen LogP contribution in [0.15, 0.2) is 48.5 Å². The van der Waals surface area contributed by atoms with Gasteiger partial charge in [-0.1, -0.05) is 24.3 Å². The van der Waals surface area contributed by atoms with Gasteiger partial charge in [-0.2, -0.15) is 5.26 Å². The fourth-order valence-electron chi connectivity index (χ4n) is 2.38. The SMILES string of the molecule is Cc1cc(NCc2ccc(C#N)cc2)c2cccc(F)c2n1. The molecule has 4 heteroatoms. The molecule has 0 aliphatic heterocycles. The van der Waals surface area contributed by atoms with Crippen molar-refractivity contribution in [1.29, 1.82) is 5.26 Å². The van der Waals surface area contributed by atoms with Crippen molar-refractivity contribution in [3.05, 3.63) is 71.2 Å². The van der Waals surface area contributed by atoms with Gasteiger partial charge in [0.05, 0.1) is 11.6 Å². The molecule has 0 amide bonds. The zero-order chi connectivity index (χ0) is 15.5. The minimum atomic E-state index is -0.317. The lowest BCUT2D eigenvalue weighted by atomic mass is 10.1. The molecule has 0 saturated carbocycles. The number of para-hydroxylation sites is 1. The lowest BCUT2D eigenvalue weighted by Crippen LogP contribution is -2.02. The maximum Gasteiger partial charge on any atom is 0.149 e.